The fourth-order valence-electron chi connectivity index (χ4n) is 10.5. The van der Waals surface area contributed by atoms with Gasteiger partial charge in [-0.25, -0.2) is 32.8 Å². The Kier molecular flexibility index (Phi) is 20.7. The lowest BCUT2D eigenvalue weighted by atomic mass is 9.79. The first kappa shape index (κ1) is 70.1. The number of nitrogens with two attached hydrogens (primary N) is 1. The number of piperazine rings is 2. The summed E-state index contributed by atoms with van der Waals surface area (Å²) < 4.78 is 153. The zero-order valence-corrected chi connectivity index (χ0v) is 51.0. The molecule has 0 spiro atoms. The second-order valence-electron chi connectivity index (χ2n) is 23.0. The lowest BCUT2D eigenvalue weighted by Crippen LogP contribution is -2.48. The molecule has 3 aliphatic heterocycles. The van der Waals surface area contributed by atoms with Crippen molar-refractivity contribution in [3.05, 3.63) is 175 Å². The van der Waals surface area contributed by atoms with Gasteiger partial charge in [0.15, 0.2) is 29.4 Å². The maximum Gasteiger partial charge on any atom is 0.494 e. The van der Waals surface area contributed by atoms with Gasteiger partial charge in [-0.15, -0.1) is 15.3 Å². The van der Waals surface area contributed by atoms with E-state index in [0.29, 0.717) is 49.2 Å². The van der Waals surface area contributed by atoms with E-state index in [0.717, 1.165) is 105 Å². The van der Waals surface area contributed by atoms with Crippen LogP contribution in [0.15, 0.2) is 140 Å². The topological polar surface area (TPSA) is 262 Å². The maximum atomic E-state index is 16.1. The molecule has 5 N–H and O–H groups in total. The highest BCUT2D eigenvalue weighted by atomic mass is 19.4. The average Bonchev–Trinajstić information content (AvgIpc) is 1.31. The molecular weight excluding hydrogens is 1270 g/mol. The summed E-state index contributed by atoms with van der Waals surface area (Å²) in [4.78, 5) is 21.3. The molecule has 95 heavy (non-hydrogen) atoms. The van der Waals surface area contributed by atoms with Crippen LogP contribution in [0, 0.1) is 11.6 Å². The van der Waals surface area contributed by atoms with Crippen molar-refractivity contribution in [2.75, 3.05) is 79.0 Å². The van der Waals surface area contributed by atoms with Gasteiger partial charge in [-0.05, 0) is 123 Å². The fourth-order valence-corrected chi connectivity index (χ4v) is 10.5. The van der Waals surface area contributed by atoms with E-state index < -0.39 is 76.9 Å². The molecule has 3 fully saturated rings. The molecule has 12 rings (SSSR count). The summed E-state index contributed by atoms with van der Waals surface area (Å²) in [7, 11) is 1.11. The molecule has 2 unspecified atom stereocenters. The number of anilines is 4. The van der Waals surface area contributed by atoms with Crippen molar-refractivity contribution < 1.29 is 68.5 Å². The van der Waals surface area contributed by atoms with Crippen molar-refractivity contribution in [3.8, 4) is 22.8 Å². The van der Waals surface area contributed by atoms with Crippen molar-refractivity contribution in [1.29, 1.82) is 0 Å². The Bertz CT molecular complexity index is 3930. The van der Waals surface area contributed by atoms with Crippen LogP contribution in [0.5, 0.6) is 0 Å². The van der Waals surface area contributed by atoms with Crippen LogP contribution in [0.4, 0.5) is 66.7 Å². The van der Waals surface area contributed by atoms with E-state index in [1.54, 1.807) is 30.6 Å². The number of alkyl halides is 8. The van der Waals surface area contributed by atoms with Crippen LogP contribution >= 0.6 is 0 Å². The van der Waals surface area contributed by atoms with Crippen molar-refractivity contribution in [3.63, 3.8) is 0 Å². The summed E-state index contributed by atoms with van der Waals surface area (Å²) in [5, 5.41) is 54.5. The molecular formula is C61H67BF10N18O5. The maximum absolute atomic E-state index is 16.1. The smallest absolute Gasteiger partial charge is 0.399 e. The third-order valence-corrected chi connectivity index (χ3v) is 16.5. The first-order valence-corrected chi connectivity index (χ1v) is 29.2. The van der Waals surface area contributed by atoms with Gasteiger partial charge in [0.1, 0.15) is 35.0 Å². The predicted octanol–water partition coefficient (Wildman–Crippen LogP) is 7.69. The minimum Gasteiger partial charge on any atom is -0.399 e. The Morgan fingerprint density at radius 2 is 1.00 bits per heavy atom. The molecule has 0 radical (unpaired) electrons. The van der Waals surface area contributed by atoms with Gasteiger partial charge in [0.2, 0.25) is 0 Å². The third kappa shape index (κ3) is 15.2. The molecule has 0 saturated carbocycles. The van der Waals surface area contributed by atoms with Gasteiger partial charge < -0.3 is 50.0 Å². The Hall–Kier alpha value is -9.22. The summed E-state index contributed by atoms with van der Waals surface area (Å²) in [6, 6.07) is 26.9. The highest BCUT2D eigenvalue weighted by Crippen LogP contribution is 2.47. The standard InChI is InChI=1S/C34H28F7N11O2.C25H30BF3N6O3.CH5N.CH4/c35-23-4-8-26(27(36)15-23)32(54,19-51-20-44-46-48-51)33(37,38)29-9-3-22(16-42-29)21-1-5-24(6-2-21)49-11-13-50(14-12-49)25-7-10-30(43-17-25)52-18-28(45-47-52)31(53)34(39,40)41;1-23(2)24(3,4)38-26(37-23)17-5-7-18(8-6-17)33-11-13-34(14-12-33)19-9-10-21(30-15-19)35-16-20(31-32-35)22(36)25(27,28)29;1-2;/h1-10,15-18,20,31,53-54H,11-14,19H2;5-10,15-16,22,36H,11-14H2,1-4H3;2H2,1H3;1H4/t31?,32-;;;/m0.../s1. The Morgan fingerprint density at radius 1 is 0.558 bits per heavy atom. The first-order valence-electron chi connectivity index (χ1n) is 29.2. The van der Waals surface area contributed by atoms with Crippen LogP contribution in [0.25, 0.3) is 22.8 Å². The molecule has 3 aliphatic rings. The van der Waals surface area contributed by atoms with E-state index in [1.807, 2.05) is 58.0 Å². The summed E-state index contributed by atoms with van der Waals surface area (Å²) >= 11 is 0. The predicted molar refractivity (Wildman–Crippen MR) is 330 cm³/mol. The molecule has 23 nitrogen and oxygen atoms in total. The Morgan fingerprint density at radius 3 is 1.40 bits per heavy atom. The number of rotatable bonds is 15. The molecule has 0 amide bonds. The Balaban J connectivity index is 0.000000228. The second-order valence-corrected chi connectivity index (χ2v) is 23.0. The van der Waals surface area contributed by atoms with E-state index in [1.165, 1.54) is 19.3 Å². The largest absolute Gasteiger partial charge is 0.494 e. The lowest BCUT2D eigenvalue weighted by molar-refractivity contribution is -0.208. The van der Waals surface area contributed by atoms with Gasteiger partial charge >= 0.3 is 25.4 Å². The molecule has 0 bridgehead atoms. The Labute approximate surface area is 538 Å². The molecule has 6 aromatic heterocycles. The van der Waals surface area contributed by atoms with Gasteiger partial charge in [-0.2, -0.15) is 35.1 Å². The van der Waals surface area contributed by atoms with E-state index >= 15 is 8.78 Å². The molecule has 0 aliphatic carbocycles. The zero-order valence-electron chi connectivity index (χ0n) is 51.0. The first-order chi connectivity index (χ1) is 44.6. The number of hydrogen-bond acceptors (Lipinski definition) is 20. The molecule has 3 aromatic carbocycles. The van der Waals surface area contributed by atoms with Crippen molar-refractivity contribution in [2.24, 2.45) is 5.73 Å². The van der Waals surface area contributed by atoms with E-state index in [9.17, 15) is 50.4 Å². The van der Waals surface area contributed by atoms with Crippen molar-refractivity contribution >= 4 is 35.3 Å². The molecule has 9 aromatic rings. The average molecular weight is 1330 g/mol. The number of aliphatic hydroxyl groups is 3. The molecule has 3 atom stereocenters. The van der Waals surface area contributed by atoms with Gasteiger partial charge in [-0.1, -0.05) is 48.2 Å². The lowest BCUT2D eigenvalue weighted by Gasteiger charge is -2.37. The van der Waals surface area contributed by atoms with Crippen LogP contribution in [-0.2, 0) is 27.4 Å². The summed E-state index contributed by atoms with van der Waals surface area (Å²) in [6.45, 7) is 13.0. The molecule has 504 valence electrons. The fraction of sp³-hybridized carbons (Fsp3) is 0.377. The molecule has 9 heterocycles. The number of aromatic nitrogens is 13. The quantitative estimate of drug-likeness (QED) is 0.0566. The van der Waals surface area contributed by atoms with Gasteiger partial charge in [0.05, 0.1) is 53.9 Å². The van der Waals surface area contributed by atoms with Crippen LogP contribution in [0.2, 0.25) is 0 Å². The van der Waals surface area contributed by atoms with Crippen molar-refractivity contribution in [2.45, 2.75) is 89.0 Å². The van der Waals surface area contributed by atoms with Gasteiger partial charge in [0, 0.05) is 87.1 Å². The minimum absolute atomic E-state index is 0. The monoisotopic (exact) mass is 1330 g/mol. The number of tetrazole rings is 1. The summed E-state index contributed by atoms with van der Waals surface area (Å²) in [5.74, 6) is -6.05. The highest BCUT2D eigenvalue weighted by molar-refractivity contribution is 6.62. The van der Waals surface area contributed by atoms with Crippen LogP contribution < -0.4 is 30.8 Å². The minimum atomic E-state index is -4.87. The summed E-state index contributed by atoms with van der Waals surface area (Å²) in [6.07, 6.45) is -7.71. The number of hydrogen-bond donors (Lipinski definition) is 4. The molecule has 34 heteroatoms. The summed E-state index contributed by atoms with van der Waals surface area (Å²) in [5.41, 5.74) is 3.44. The third-order valence-electron chi connectivity index (χ3n) is 16.5. The highest BCUT2D eigenvalue weighted by Gasteiger charge is 2.58. The van der Waals surface area contributed by atoms with E-state index in [4.69, 9.17) is 9.31 Å². The van der Waals surface area contributed by atoms with Gasteiger partial charge in [0.25, 0.3) is 0 Å². The van der Waals surface area contributed by atoms with Crippen LogP contribution in [0.3, 0.4) is 0 Å². The number of pyridine rings is 3. The number of benzene rings is 3. The van der Waals surface area contributed by atoms with Crippen LogP contribution in [0.1, 0.15) is 70.0 Å². The number of halogens is 10. The van der Waals surface area contributed by atoms with Crippen LogP contribution in [-0.4, -0.2) is 171 Å². The second kappa shape index (κ2) is 28.0. The molecule has 3 saturated heterocycles. The normalized spacial score (nSPS) is 17.0. The SMILES string of the molecule is C.CC1(C)OB(c2ccc(N3CCN(c4ccc(-n5cc(C(O)C(F)(F)F)nn5)nc4)CC3)cc2)OC1(C)C.CN.OC(c1cn(-c2ccc(N3CCN(c4ccc(-c5ccc(C(F)(F)[C@](O)(Cn6cnnn6)c6ccc(F)cc6F)nc5)cc4)CC3)cn2)nn1)C(F)(F)F. The van der Waals surface area contributed by atoms with E-state index in [2.05, 4.69) is 101 Å². The van der Waals surface area contributed by atoms with Crippen molar-refractivity contribution in [1.82, 2.24) is 65.1 Å². The number of nitrogens with zero attached hydrogens (tertiary/aromatic N) is 17. The number of aliphatic hydroxyl groups excluding tert-OH is 2. The van der Waals surface area contributed by atoms with Gasteiger partial charge in [-0.3, -0.25) is 4.98 Å². The zero-order chi connectivity index (χ0) is 67.5. The van der Waals surface area contributed by atoms with E-state index in [-0.39, 0.29) is 31.6 Å².